The molecule has 2 aliphatic heterocycles. The SMILES string of the molecule is CS(=O)(=O)N1CCN(C(=O)C2CCN(c3ccc(-c4ccco4)nn3)CC2)CC1. The fourth-order valence-corrected chi connectivity index (χ4v) is 4.73. The van der Waals surface area contributed by atoms with E-state index < -0.39 is 10.0 Å². The summed E-state index contributed by atoms with van der Waals surface area (Å²) in [5.41, 5.74) is 0.692. The molecule has 2 saturated heterocycles. The van der Waals surface area contributed by atoms with Gasteiger partial charge in [0.15, 0.2) is 11.6 Å². The second kappa shape index (κ2) is 8.11. The number of piperazine rings is 1. The number of hydrogen-bond acceptors (Lipinski definition) is 7. The Hall–Kier alpha value is -2.46. The van der Waals surface area contributed by atoms with E-state index in [2.05, 4.69) is 15.1 Å². The van der Waals surface area contributed by atoms with Crippen LogP contribution in [0.1, 0.15) is 12.8 Å². The van der Waals surface area contributed by atoms with Gasteiger partial charge in [-0.3, -0.25) is 4.79 Å². The molecule has 0 unspecified atom stereocenters. The normalized spacial score (nSPS) is 19.5. The zero-order valence-electron chi connectivity index (χ0n) is 16.4. The summed E-state index contributed by atoms with van der Waals surface area (Å²) in [6, 6.07) is 7.47. The average molecular weight is 420 g/mol. The molecule has 0 atom stereocenters. The van der Waals surface area contributed by atoms with Gasteiger partial charge in [-0.05, 0) is 37.1 Å². The van der Waals surface area contributed by atoms with E-state index in [0.717, 1.165) is 31.7 Å². The van der Waals surface area contributed by atoms with Crippen molar-refractivity contribution in [2.75, 3.05) is 50.4 Å². The minimum Gasteiger partial charge on any atom is -0.463 e. The van der Waals surface area contributed by atoms with E-state index in [9.17, 15) is 13.2 Å². The molecule has 1 amide bonds. The Labute approximate surface area is 170 Å². The number of sulfonamides is 1. The molecule has 0 bridgehead atoms. The Kier molecular flexibility index (Phi) is 5.55. The van der Waals surface area contributed by atoms with Crippen molar-refractivity contribution in [1.82, 2.24) is 19.4 Å². The van der Waals surface area contributed by atoms with Crippen molar-refractivity contribution >= 4 is 21.7 Å². The van der Waals surface area contributed by atoms with Crippen LogP contribution in [0.15, 0.2) is 34.9 Å². The average Bonchev–Trinajstić information content (AvgIpc) is 3.28. The Bertz CT molecular complexity index is 929. The highest BCUT2D eigenvalue weighted by molar-refractivity contribution is 7.88. The molecule has 0 spiro atoms. The van der Waals surface area contributed by atoms with E-state index in [-0.39, 0.29) is 11.8 Å². The number of amides is 1. The predicted octanol–water partition coefficient (Wildman–Crippen LogP) is 1.06. The van der Waals surface area contributed by atoms with E-state index in [1.54, 1.807) is 11.2 Å². The van der Waals surface area contributed by atoms with Gasteiger partial charge >= 0.3 is 0 Å². The van der Waals surface area contributed by atoms with Gasteiger partial charge in [0, 0.05) is 45.2 Å². The molecule has 0 radical (unpaired) electrons. The molecule has 156 valence electrons. The van der Waals surface area contributed by atoms with Crippen LogP contribution in [-0.4, -0.2) is 79.3 Å². The highest BCUT2D eigenvalue weighted by atomic mass is 32.2. The summed E-state index contributed by atoms with van der Waals surface area (Å²) in [7, 11) is -3.19. The van der Waals surface area contributed by atoms with Crippen molar-refractivity contribution in [2.24, 2.45) is 5.92 Å². The lowest BCUT2D eigenvalue weighted by Crippen LogP contribution is -2.52. The van der Waals surface area contributed by atoms with Gasteiger partial charge in [0.2, 0.25) is 15.9 Å². The van der Waals surface area contributed by atoms with E-state index >= 15 is 0 Å². The first-order valence-corrected chi connectivity index (χ1v) is 11.6. The van der Waals surface area contributed by atoms with Gasteiger partial charge in [0.25, 0.3) is 0 Å². The number of carbonyl (C=O) groups is 1. The van der Waals surface area contributed by atoms with Gasteiger partial charge in [0.05, 0.1) is 12.5 Å². The van der Waals surface area contributed by atoms with E-state index in [0.29, 0.717) is 37.6 Å². The molecule has 2 fully saturated rings. The van der Waals surface area contributed by atoms with Crippen molar-refractivity contribution in [3.05, 3.63) is 30.5 Å². The van der Waals surface area contributed by atoms with Crippen LogP contribution in [0.3, 0.4) is 0 Å². The zero-order chi connectivity index (χ0) is 20.4. The molecule has 4 rings (SSSR count). The minimum absolute atomic E-state index is 0.0219. The maximum Gasteiger partial charge on any atom is 0.225 e. The van der Waals surface area contributed by atoms with Crippen LogP contribution in [0.5, 0.6) is 0 Å². The van der Waals surface area contributed by atoms with Crippen LogP contribution in [0.4, 0.5) is 5.82 Å². The number of nitrogens with zero attached hydrogens (tertiary/aromatic N) is 5. The Morgan fingerprint density at radius 1 is 1.03 bits per heavy atom. The quantitative estimate of drug-likeness (QED) is 0.730. The van der Waals surface area contributed by atoms with Crippen LogP contribution in [-0.2, 0) is 14.8 Å². The monoisotopic (exact) mass is 419 g/mol. The molecule has 0 N–H and O–H groups in total. The summed E-state index contributed by atoms with van der Waals surface area (Å²) >= 11 is 0. The topological polar surface area (TPSA) is 99.9 Å². The molecule has 4 heterocycles. The predicted molar refractivity (Wildman–Crippen MR) is 108 cm³/mol. The van der Waals surface area contributed by atoms with Crippen LogP contribution in [0.25, 0.3) is 11.5 Å². The molecule has 2 aromatic heterocycles. The van der Waals surface area contributed by atoms with Crippen molar-refractivity contribution in [3.8, 4) is 11.5 Å². The fraction of sp³-hybridized carbons (Fsp3) is 0.526. The first-order chi connectivity index (χ1) is 13.9. The third kappa shape index (κ3) is 4.43. The molecule has 9 nitrogen and oxygen atoms in total. The molecule has 0 aliphatic carbocycles. The number of aromatic nitrogens is 2. The van der Waals surface area contributed by atoms with Crippen molar-refractivity contribution in [2.45, 2.75) is 12.8 Å². The number of furan rings is 1. The summed E-state index contributed by atoms with van der Waals surface area (Å²) in [5, 5.41) is 8.54. The highest BCUT2D eigenvalue weighted by Crippen LogP contribution is 2.25. The second-order valence-electron chi connectivity index (χ2n) is 7.50. The third-order valence-electron chi connectivity index (χ3n) is 5.61. The highest BCUT2D eigenvalue weighted by Gasteiger charge is 2.32. The number of carbonyl (C=O) groups excluding carboxylic acids is 1. The first-order valence-electron chi connectivity index (χ1n) is 9.78. The smallest absolute Gasteiger partial charge is 0.225 e. The molecule has 0 aromatic carbocycles. The van der Waals surface area contributed by atoms with Crippen LogP contribution < -0.4 is 4.90 Å². The fourth-order valence-electron chi connectivity index (χ4n) is 3.90. The molecule has 0 saturated carbocycles. The Morgan fingerprint density at radius 3 is 2.31 bits per heavy atom. The Morgan fingerprint density at radius 2 is 1.76 bits per heavy atom. The maximum absolute atomic E-state index is 12.8. The van der Waals surface area contributed by atoms with E-state index in [4.69, 9.17) is 4.42 Å². The van der Waals surface area contributed by atoms with Gasteiger partial charge in [-0.25, -0.2) is 8.42 Å². The van der Waals surface area contributed by atoms with Crippen molar-refractivity contribution in [3.63, 3.8) is 0 Å². The largest absolute Gasteiger partial charge is 0.463 e. The van der Waals surface area contributed by atoms with Gasteiger partial charge in [-0.15, -0.1) is 10.2 Å². The lowest BCUT2D eigenvalue weighted by Gasteiger charge is -2.38. The molecule has 10 heteroatoms. The molecular formula is C19H25N5O4S. The standard InChI is InChI=1S/C19H25N5O4S/c1-29(26,27)24-12-10-23(11-13-24)19(25)15-6-8-22(9-7-15)18-5-4-16(20-21-18)17-3-2-14-28-17/h2-5,14-15H,6-13H2,1H3. The van der Waals surface area contributed by atoms with Gasteiger partial charge in [0.1, 0.15) is 5.69 Å². The van der Waals surface area contributed by atoms with Crippen LogP contribution >= 0.6 is 0 Å². The van der Waals surface area contributed by atoms with Gasteiger partial charge < -0.3 is 14.2 Å². The second-order valence-corrected chi connectivity index (χ2v) is 9.49. The number of piperidine rings is 1. The first kappa shape index (κ1) is 19.8. The summed E-state index contributed by atoms with van der Waals surface area (Å²) in [4.78, 5) is 16.8. The van der Waals surface area contributed by atoms with Crippen molar-refractivity contribution < 1.29 is 17.6 Å². The van der Waals surface area contributed by atoms with Crippen LogP contribution in [0.2, 0.25) is 0 Å². The zero-order valence-corrected chi connectivity index (χ0v) is 17.2. The molecule has 2 aromatic rings. The molecule has 29 heavy (non-hydrogen) atoms. The van der Waals surface area contributed by atoms with Crippen LogP contribution in [0, 0.1) is 5.92 Å². The lowest BCUT2D eigenvalue weighted by atomic mass is 9.95. The minimum atomic E-state index is -3.19. The maximum atomic E-state index is 12.8. The number of hydrogen-bond donors (Lipinski definition) is 0. The Balaban J connectivity index is 1.30. The number of anilines is 1. The van der Waals surface area contributed by atoms with E-state index in [1.165, 1.54) is 10.6 Å². The van der Waals surface area contributed by atoms with Gasteiger partial charge in [-0.1, -0.05) is 0 Å². The van der Waals surface area contributed by atoms with Crippen molar-refractivity contribution in [1.29, 1.82) is 0 Å². The third-order valence-corrected chi connectivity index (χ3v) is 6.91. The molecular weight excluding hydrogens is 394 g/mol. The van der Waals surface area contributed by atoms with E-state index in [1.807, 2.05) is 24.3 Å². The summed E-state index contributed by atoms with van der Waals surface area (Å²) < 4.78 is 30.0. The summed E-state index contributed by atoms with van der Waals surface area (Å²) in [5.74, 6) is 1.60. The lowest BCUT2D eigenvalue weighted by molar-refractivity contribution is -0.137. The summed E-state index contributed by atoms with van der Waals surface area (Å²) in [6.45, 7) is 3.17. The number of rotatable bonds is 4. The molecule has 2 aliphatic rings. The summed E-state index contributed by atoms with van der Waals surface area (Å²) in [6.07, 6.45) is 4.33. The van der Waals surface area contributed by atoms with Gasteiger partial charge in [-0.2, -0.15) is 4.31 Å².